The number of benzene rings is 1. The third kappa shape index (κ3) is 4.94. The van der Waals surface area contributed by atoms with Crippen LogP contribution in [0.4, 0.5) is 0 Å². The number of nitrogens with one attached hydrogen (secondary N) is 1. The van der Waals surface area contributed by atoms with Gasteiger partial charge in [-0.05, 0) is 40.9 Å². The molecule has 1 N–H and O–H groups in total. The van der Waals surface area contributed by atoms with Crippen molar-refractivity contribution in [1.82, 2.24) is 10.3 Å². The Bertz CT molecular complexity index is 744. The van der Waals surface area contributed by atoms with Crippen molar-refractivity contribution in [3.05, 3.63) is 33.3 Å². The summed E-state index contributed by atoms with van der Waals surface area (Å²) >= 11 is 7.05. The largest absolute Gasteiger partial charge is 0.480 e. The first-order valence-electron chi connectivity index (χ1n) is 8.80. The van der Waals surface area contributed by atoms with E-state index in [0.29, 0.717) is 5.75 Å². The molecule has 4 nitrogen and oxygen atoms in total. The van der Waals surface area contributed by atoms with Crippen molar-refractivity contribution in [3.8, 4) is 5.75 Å². The van der Waals surface area contributed by atoms with Crippen molar-refractivity contribution in [1.29, 1.82) is 0 Å². The Hall–Kier alpha value is -1.14. The van der Waals surface area contributed by atoms with E-state index >= 15 is 0 Å². The Morgan fingerprint density at radius 2 is 1.88 bits per heavy atom. The van der Waals surface area contributed by atoms with Gasteiger partial charge >= 0.3 is 0 Å². The van der Waals surface area contributed by atoms with Crippen molar-refractivity contribution < 1.29 is 9.53 Å². The van der Waals surface area contributed by atoms with Crippen LogP contribution in [-0.4, -0.2) is 23.5 Å². The number of halogens is 2. The number of carbonyl (C=O) groups excluding carboxylic acids is 1. The third-order valence-corrected chi connectivity index (χ3v) is 5.81. The highest BCUT2D eigenvalue weighted by molar-refractivity contribution is 9.11. The smallest absolute Gasteiger partial charge is 0.258 e. The average Bonchev–Trinajstić information content (AvgIpc) is 2.57. The van der Waals surface area contributed by atoms with Gasteiger partial charge in [0.05, 0.1) is 4.47 Å². The van der Waals surface area contributed by atoms with Gasteiger partial charge in [0, 0.05) is 22.1 Å². The minimum Gasteiger partial charge on any atom is -0.480 e. The number of rotatable bonds is 4. The number of carbonyl (C=O) groups is 1. The number of pyridine rings is 1. The molecular formula is C19H22Br2N2O2. The van der Waals surface area contributed by atoms with Gasteiger partial charge in [-0.25, -0.2) is 0 Å². The zero-order chi connectivity index (χ0) is 17.6. The van der Waals surface area contributed by atoms with Gasteiger partial charge in [0.1, 0.15) is 5.52 Å². The summed E-state index contributed by atoms with van der Waals surface area (Å²) in [6.45, 7) is 0.00239. The van der Waals surface area contributed by atoms with E-state index < -0.39 is 0 Å². The molecular weight excluding hydrogens is 448 g/mol. The molecule has 1 aliphatic carbocycles. The zero-order valence-electron chi connectivity index (χ0n) is 14.1. The van der Waals surface area contributed by atoms with Crippen molar-refractivity contribution in [3.63, 3.8) is 0 Å². The van der Waals surface area contributed by atoms with Crippen molar-refractivity contribution >= 4 is 48.7 Å². The third-order valence-electron chi connectivity index (χ3n) is 4.57. The Morgan fingerprint density at radius 1 is 1.16 bits per heavy atom. The molecule has 0 atom stereocenters. The maximum Gasteiger partial charge on any atom is 0.258 e. The van der Waals surface area contributed by atoms with Crippen LogP contribution in [0.3, 0.4) is 0 Å². The van der Waals surface area contributed by atoms with Crippen LogP contribution in [0.1, 0.15) is 44.9 Å². The van der Waals surface area contributed by atoms with Gasteiger partial charge in [-0.1, -0.05) is 54.1 Å². The summed E-state index contributed by atoms with van der Waals surface area (Å²) in [6, 6.07) is 6.05. The van der Waals surface area contributed by atoms with Crippen LogP contribution in [0.15, 0.2) is 33.3 Å². The second-order valence-electron chi connectivity index (χ2n) is 6.47. The summed E-state index contributed by atoms with van der Waals surface area (Å²) in [7, 11) is 0. The van der Waals surface area contributed by atoms with Gasteiger partial charge in [0.25, 0.3) is 5.91 Å². The Labute approximate surface area is 165 Å². The van der Waals surface area contributed by atoms with Crippen LogP contribution in [0.2, 0.25) is 0 Å². The van der Waals surface area contributed by atoms with E-state index in [9.17, 15) is 4.79 Å². The van der Waals surface area contributed by atoms with E-state index in [1.165, 1.54) is 32.1 Å². The molecule has 0 saturated heterocycles. The second-order valence-corrected chi connectivity index (χ2v) is 8.18. The molecule has 25 heavy (non-hydrogen) atoms. The number of hydrogen-bond acceptors (Lipinski definition) is 3. The van der Waals surface area contributed by atoms with E-state index in [1.54, 1.807) is 6.20 Å². The molecule has 6 heteroatoms. The summed E-state index contributed by atoms with van der Waals surface area (Å²) in [5.41, 5.74) is 0.738. The maximum absolute atomic E-state index is 12.3. The van der Waals surface area contributed by atoms with Crippen molar-refractivity contribution in [2.75, 3.05) is 6.61 Å². The van der Waals surface area contributed by atoms with E-state index in [-0.39, 0.29) is 18.6 Å². The average molecular weight is 470 g/mol. The van der Waals surface area contributed by atoms with Gasteiger partial charge in [-0.15, -0.1) is 0 Å². The lowest BCUT2D eigenvalue weighted by Crippen LogP contribution is -2.38. The zero-order valence-corrected chi connectivity index (χ0v) is 17.2. The fourth-order valence-corrected chi connectivity index (χ4v) is 4.68. The molecule has 0 radical (unpaired) electrons. The molecule has 1 fully saturated rings. The lowest BCUT2D eigenvalue weighted by molar-refractivity contribution is -0.123. The predicted octanol–water partition coefficient (Wildman–Crippen LogP) is 5.37. The summed E-state index contributed by atoms with van der Waals surface area (Å²) in [6.07, 6.45) is 10.1. The SMILES string of the molecule is O=C(COc1c(Br)cc(Br)c2cccnc12)NC1CCCCCCC1. The van der Waals surface area contributed by atoms with E-state index in [1.807, 2.05) is 18.2 Å². The van der Waals surface area contributed by atoms with Gasteiger partial charge in [-0.3, -0.25) is 9.78 Å². The van der Waals surface area contributed by atoms with E-state index in [4.69, 9.17) is 4.74 Å². The Balaban J connectivity index is 1.65. The number of fused-ring (bicyclic) bond motifs is 1. The number of hydrogen-bond donors (Lipinski definition) is 1. The van der Waals surface area contributed by atoms with Crippen LogP contribution in [0.5, 0.6) is 5.75 Å². The first-order chi connectivity index (χ1) is 12.1. The van der Waals surface area contributed by atoms with Gasteiger partial charge in [-0.2, -0.15) is 0 Å². The van der Waals surface area contributed by atoms with Crippen LogP contribution in [0.25, 0.3) is 10.9 Å². The first-order valence-corrected chi connectivity index (χ1v) is 10.4. The molecule has 1 aromatic carbocycles. The van der Waals surface area contributed by atoms with Crippen LogP contribution in [-0.2, 0) is 4.79 Å². The molecule has 134 valence electrons. The minimum absolute atomic E-state index is 0.00239. The maximum atomic E-state index is 12.3. The molecule has 1 aromatic heterocycles. The topological polar surface area (TPSA) is 51.2 Å². The van der Waals surface area contributed by atoms with Gasteiger partial charge in [0.2, 0.25) is 0 Å². The highest BCUT2D eigenvalue weighted by Gasteiger charge is 2.16. The number of nitrogens with zero attached hydrogens (tertiary/aromatic N) is 1. The highest BCUT2D eigenvalue weighted by atomic mass is 79.9. The summed E-state index contributed by atoms with van der Waals surface area (Å²) < 4.78 is 7.54. The molecule has 0 spiro atoms. The fraction of sp³-hybridized carbons (Fsp3) is 0.474. The summed E-state index contributed by atoms with van der Waals surface area (Å²) in [5.74, 6) is 0.538. The van der Waals surface area contributed by atoms with Crippen LogP contribution >= 0.6 is 31.9 Å². The van der Waals surface area contributed by atoms with Crippen molar-refractivity contribution in [2.45, 2.75) is 51.0 Å². The fourth-order valence-electron chi connectivity index (χ4n) is 3.29. The van der Waals surface area contributed by atoms with Gasteiger partial charge < -0.3 is 10.1 Å². The molecule has 3 rings (SSSR count). The van der Waals surface area contributed by atoms with Crippen molar-refractivity contribution in [2.24, 2.45) is 0 Å². The minimum atomic E-state index is -0.0653. The second kappa shape index (κ2) is 8.99. The van der Waals surface area contributed by atoms with Gasteiger partial charge in [0.15, 0.2) is 12.4 Å². The number of ether oxygens (including phenoxy) is 1. The monoisotopic (exact) mass is 468 g/mol. The first kappa shape index (κ1) is 18.6. The molecule has 0 unspecified atom stereocenters. The molecule has 1 aliphatic rings. The van der Waals surface area contributed by atoms with Crippen LogP contribution in [0, 0.1) is 0 Å². The molecule has 2 aromatic rings. The molecule has 0 aliphatic heterocycles. The molecule has 1 amide bonds. The highest BCUT2D eigenvalue weighted by Crippen LogP contribution is 2.37. The lowest BCUT2D eigenvalue weighted by atomic mass is 9.97. The van der Waals surface area contributed by atoms with E-state index in [2.05, 4.69) is 42.2 Å². The number of amides is 1. The molecule has 1 saturated carbocycles. The predicted molar refractivity (Wildman–Crippen MR) is 107 cm³/mol. The lowest BCUT2D eigenvalue weighted by Gasteiger charge is -2.21. The number of aromatic nitrogens is 1. The summed E-state index contributed by atoms with van der Waals surface area (Å²) in [5, 5.41) is 4.09. The molecule has 1 heterocycles. The summed E-state index contributed by atoms with van der Waals surface area (Å²) in [4.78, 5) is 16.7. The normalized spacial score (nSPS) is 16.2. The standard InChI is InChI=1S/C19H22Br2N2O2/c20-15-11-16(21)19(18-14(15)9-6-10-22-18)25-12-17(24)23-13-7-4-2-1-3-5-8-13/h6,9-11,13H,1-5,7-8,12H2,(H,23,24). The molecule has 0 bridgehead atoms. The quantitative estimate of drug-likeness (QED) is 0.654. The Morgan fingerprint density at radius 3 is 2.64 bits per heavy atom. The van der Waals surface area contributed by atoms with Crippen LogP contribution < -0.4 is 10.1 Å². The van der Waals surface area contributed by atoms with E-state index in [0.717, 1.165) is 32.7 Å². The Kier molecular flexibility index (Phi) is 6.70.